The predicted molar refractivity (Wildman–Crippen MR) is 125 cm³/mol. The zero-order valence-corrected chi connectivity index (χ0v) is 19.7. The maximum absolute atomic E-state index is 14.5. The van der Waals surface area contributed by atoms with Crippen LogP contribution in [0.1, 0.15) is 49.6 Å². The molecule has 0 spiro atoms. The van der Waals surface area contributed by atoms with Crippen molar-refractivity contribution in [2.45, 2.75) is 44.1 Å². The molecular weight excluding hydrogens is 452 g/mol. The number of ether oxygens (including phenoxy) is 1. The van der Waals surface area contributed by atoms with E-state index in [1.165, 1.54) is 18.2 Å². The molecule has 1 N–H and O–H groups in total. The second kappa shape index (κ2) is 7.99. The van der Waals surface area contributed by atoms with E-state index in [0.29, 0.717) is 25.6 Å². The van der Waals surface area contributed by atoms with Gasteiger partial charge in [0.1, 0.15) is 11.6 Å². The van der Waals surface area contributed by atoms with E-state index in [-0.39, 0.29) is 35.3 Å². The number of aromatic nitrogens is 4. The number of anilines is 1. The molecule has 2 aromatic heterocycles. The number of morpholine rings is 1. The second-order valence-corrected chi connectivity index (χ2v) is 10.2. The van der Waals surface area contributed by atoms with Gasteiger partial charge < -0.3 is 14.7 Å². The Kier molecular flexibility index (Phi) is 5.12. The molecule has 3 atom stereocenters. The highest BCUT2D eigenvalue weighted by Gasteiger charge is 2.65. The molecule has 1 aromatic carbocycles. The molecule has 1 saturated carbocycles. The van der Waals surface area contributed by atoms with Gasteiger partial charge in [-0.1, -0.05) is 19.9 Å². The first-order valence-corrected chi connectivity index (χ1v) is 12.0. The van der Waals surface area contributed by atoms with Crippen LogP contribution in [0.2, 0.25) is 0 Å². The van der Waals surface area contributed by atoms with Crippen molar-refractivity contribution >= 4 is 5.95 Å². The predicted octanol–water partition coefficient (Wildman–Crippen LogP) is 3.61. The Hall–Kier alpha value is -3.04. The number of fused-ring (bicyclic) bond motifs is 5. The van der Waals surface area contributed by atoms with Gasteiger partial charge in [0.25, 0.3) is 0 Å². The molecule has 182 valence electrons. The Morgan fingerprint density at radius 1 is 1.17 bits per heavy atom. The second-order valence-electron chi connectivity index (χ2n) is 10.2. The van der Waals surface area contributed by atoms with E-state index in [2.05, 4.69) is 29.0 Å². The summed E-state index contributed by atoms with van der Waals surface area (Å²) in [6, 6.07) is 7.57. The summed E-state index contributed by atoms with van der Waals surface area (Å²) in [5, 5.41) is 18.4. The van der Waals surface area contributed by atoms with Crippen molar-refractivity contribution in [3.8, 4) is 11.3 Å². The van der Waals surface area contributed by atoms with Gasteiger partial charge in [-0.05, 0) is 54.0 Å². The number of nitrogens with zero attached hydrogens (tertiary/aromatic N) is 5. The lowest BCUT2D eigenvalue weighted by Crippen LogP contribution is -2.45. The zero-order valence-electron chi connectivity index (χ0n) is 19.7. The van der Waals surface area contributed by atoms with E-state index < -0.39 is 17.0 Å². The minimum absolute atomic E-state index is 0.0528. The van der Waals surface area contributed by atoms with E-state index in [1.807, 2.05) is 17.0 Å². The fraction of sp³-hybridized carbons (Fsp3) is 0.462. The average Bonchev–Trinajstić information content (AvgIpc) is 3.25. The van der Waals surface area contributed by atoms with Crippen molar-refractivity contribution < 1.29 is 18.6 Å². The van der Waals surface area contributed by atoms with Gasteiger partial charge in [0.2, 0.25) is 5.95 Å². The van der Waals surface area contributed by atoms with Crippen LogP contribution in [0.5, 0.6) is 0 Å². The number of hydrogen-bond donors (Lipinski definition) is 1. The van der Waals surface area contributed by atoms with Crippen molar-refractivity contribution in [3.05, 3.63) is 65.1 Å². The maximum Gasteiger partial charge on any atom is 0.225 e. The first-order chi connectivity index (χ1) is 16.9. The van der Waals surface area contributed by atoms with Crippen molar-refractivity contribution in [2.75, 3.05) is 31.2 Å². The first kappa shape index (κ1) is 22.4. The van der Waals surface area contributed by atoms with Crippen molar-refractivity contribution in [3.63, 3.8) is 0 Å². The Labute approximate surface area is 202 Å². The lowest BCUT2D eigenvalue weighted by Gasteiger charge is -2.38. The number of halogens is 2. The number of aliphatic hydroxyl groups excluding tert-OH is 1. The summed E-state index contributed by atoms with van der Waals surface area (Å²) in [5.74, 6) is -0.529. The molecule has 0 amide bonds. The van der Waals surface area contributed by atoms with E-state index in [0.717, 1.165) is 29.8 Å². The lowest BCUT2D eigenvalue weighted by molar-refractivity contribution is 0.00311. The van der Waals surface area contributed by atoms with Gasteiger partial charge in [0.05, 0.1) is 47.4 Å². The minimum atomic E-state index is -0.650. The third kappa shape index (κ3) is 3.14. The van der Waals surface area contributed by atoms with Crippen LogP contribution >= 0.6 is 0 Å². The van der Waals surface area contributed by atoms with Gasteiger partial charge in [0.15, 0.2) is 0 Å². The van der Waals surface area contributed by atoms with Crippen LogP contribution in [0.15, 0.2) is 36.5 Å². The van der Waals surface area contributed by atoms with Gasteiger partial charge in [0, 0.05) is 19.3 Å². The van der Waals surface area contributed by atoms with E-state index in [4.69, 9.17) is 9.72 Å². The standard InChI is InChI=1S/C26H27F2N5O2/c1-25(2)17-6-8-26(25,21-7-9-29-24(30-21)33-10-11-35-15(13-33)14-34)23-16(17)12-20(31-32-23)22-18(27)4-3-5-19(22)28/h3-5,7,9,12,15,17,34H,6,8,10-11,13-14H2,1-2H3/t15-,17-,26-/m0/s1. The lowest BCUT2D eigenvalue weighted by atomic mass is 9.66. The van der Waals surface area contributed by atoms with Crippen LogP contribution in [-0.2, 0) is 10.2 Å². The van der Waals surface area contributed by atoms with Gasteiger partial charge in [-0.3, -0.25) is 0 Å². The first-order valence-electron chi connectivity index (χ1n) is 12.0. The summed E-state index contributed by atoms with van der Waals surface area (Å²) in [6.07, 6.45) is 3.29. The van der Waals surface area contributed by atoms with Crippen LogP contribution < -0.4 is 4.90 Å². The third-order valence-electron chi connectivity index (χ3n) is 8.31. The van der Waals surface area contributed by atoms with Gasteiger partial charge in [-0.15, -0.1) is 5.10 Å². The van der Waals surface area contributed by atoms with Gasteiger partial charge in [-0.25, -0.2) is 18.7 Å². The molecule has 3 aliphatic rings. The molecule has 35 heavy (non-hydrogen) atoms. The smallest absolute Gasteiger partial charge is 0.225 e. The highest BCUT2D eigenvalue weighted by atomic mass is 19.1. The van der Waals surface area contributed by atoms with Gasteiger partial charge in [-0.2, -0.15) is 5.10 Å². The fourth-order valence-electron chi connectivity index (χ4n) is 6.51. The van der Waals surface area contributed by atoms with Crippen molar-refractivity contribution in [1.82, 2.24) is 20.2 Å². The Morgan fingerprint density at radius 3 is 2.74 bits per heavy atom. The normalized spacial score (nSPS) is 26.7. The van der Waals surface area contributed by atoms with Crippen LogP contribution in [0.4, 0.5) is 14.7 Å². The van der Waals surface area contributed by atoms with E-state index >= 15 is 0 Å². The zero-order chi connectivity index (χ0) is 24.4. The molecule has 0 radical (unpaired) electrons. The summed E-state index contributed by atoms with van der Waals surface area (Å²) in [4.78, 5) is 11.6. The SMILES string of the molecule is CC1(C)[C@H]2CC[C@]1(c1ccnc(N3CCO[C@H](CO)C3)n1)c1nnc(-c3c(F)cccc3F)cc12. The molecule has 6 rings (SSSR count). The minimum Gasteiger partial charge on any atom is -0.394 e. The molecule has 1 aliphatic heterocycles. The van der Waals surface area contributed by atoms with Crippen LogP contribution in [0, 0.1) is 17.0 Å². The summed E-state index contributed by atoms with van der Waals surface area (Å²) in [6.45, 7) is 6.05. The van der Waals surface area contributed by atoms with Crippen LogP contribution in [0.25, 0.3) is 11.3 Å². The van der Waals surface area contributed by atoms with Crippen LogP contribution in [-0.4, -0.2) is 57.7 Å². The molecule has 2 fully saturated rings. The molecule has 3 heterocycles. The Balaban J connectivity index is 1.45. The molecule has 1 saturated heterocycles. The highest BCUT2D eigenvalue weighted by Crippen LogP contribution is 2.69. The highest BCUT2D eigenvalue weighted by molar-refractivity contribution is 5.64. The summed E-state index contributed by atoms with van der Waals surface area (Å²) >= 11 is 0. The van der Waals surface area contributed by atoms with Crippen molar-refractivity contribution in [1.29, 1.82) is 0 Å². The molecule has 0 unspecified atom stereocenters. The molecule has 9 heteroatoms. The number of rotatable bonds is 4. The summed E-state index contributed by atoms with van der Waals surface area (Å²) in [7, 11) is 0. The Morgan fingerprint density at radius 2 is 1.97 bits per heavy atom. The molecule has 3 aromatic rings. The number of hydrogen-bond acceptors (Lipinski definition) is 7. The molecular formula is C26H27F2N5O2. The van der Waals surface area contributed by atoms with Crippen molar-refractivity contribution in [2.24, 2.45) is 5.41 Å². The fourth-order valence-corrected chi connectivity index (χ4v) is 6.51. The van der Waals surface area contributed by atoms with Crippen LogP contribution in [0.3, 0.4) is 0 Å². The monoisotopic (exact) mass is 479 g/mol. The molecule has 2 aliphatic carbocycles. The number of benzene rings is 1. The maximum atomic E-state index is 14.5. The summed E-state index contributed by atoms with van der Waals surface area (Å²) in [5.41, 5.74) is 2.06. The third-order valence-corrected chi connectivity index (χ3v) is 8.31. The number of aliphatic hydroxyl groups is 1. The van der Waals surface area contributed by atoms with E-state index in [9.17, 15) is 13.9 Å². The van der Waals surface area contributed by atoms with Gasteiger partial charge >= 0.3 is 0 Å². The quantitative estimate of drug-likeness (QED) is 0.612. The van der Waals surface area contributed by atoms with E-state index in [1.54, 1.807) is 6.20 Å². The summed E-state index contributed by atoms with van der Waals surface area (Å²) < 4.78 is 34.6. The molecule has 7 nitrogen and oxygen atoms in total. The molecule has 2 bridgehead atoms. The Bertz CT molecular complexity index is 1280. The topological polar surface area (TPSA) is 84.3 Å². The largest absolute Gasteiger partial charge is 0.394 e. The average molecular weight is 480 g/mol.